The quantitative estimate of drug-likeness (QED) is 0.662. The molecule has 0 radical (unpaired) electrons. The molecule has 0 saturated carbocycles. The molecule has 2 heterocycles. The molecule has 2 aliphatic rings. The minimum atomic E-state index is -2.42. The van der Waals surface area contributed by atoms with Crippen LogP contribution in [0.2, 0.25) is 0 Å². The third-order valence-corrected chi connectivity index (χ3v) is 3.50. The number of likely N-dealkylation sites (tertiary alicyclic amines) is 2. The highest BCUT2D eigenvalue weighted by Crippen LogP contribution is 2.32. The minimum Gasteiger partial charge on any atom is -0.297 e. The second-order valence-corrected chi connectivity index (χ2v) is 5.82. The summed E-state index contributed by atoms with van der Waals surface area (Å²) in [6, 6.07) is 0.351. The van der Waals surface area contributed by atoms with Crippen molar-refractivity contribution in [3.8, 4) is 0 Å². The van der Waals surface area contributed by atoms with Crippen molar-refractivity contribution in [1.29, 1.82) is 0 Å². The molecule has 1 atom stereocenters. The van der Waals surface area contributed by atoms with E-state index in [-0.39, 0.29) is 18.6 Å². The Kier molecular flexibility index (Phi) is 2.54. The van der Waals surface area contributed by atoms with Crippen LogP contribution in [0.15, 0.2) is 0 Å². The number of nitrogens with zero attached hydrogens (tertiary/aromatic N) is 2. The smallest absolute Gasteiger partial charge is 0.272 e. The second kappa shape index (κ2) is 3.39. The lowest BCUT2D eigenvalue weighted by Gasteiger charge is -2.43. The third kappa shape index (κ3) is 2.31. The summed E-state index contributed by atoms with van der Waals surface area (Å²) in [7, 11) is 0. The number of halogens is 2. The molecule has 2 aliphatic heterocycles. The van der Waals surface area contributed by atoms with Crippen molar-refractivity contribution in [2.45, 2.75) is 44.7 Å². The zero-order valence-corrected chi connectivity index (χ0v) is 9.76. The maximum atomic E-state index is 12.7. The predicted octanol–water partition coefficient (Wildman–Crippen LogP) is 1.81. The molecule has 0 bridgehead atoms. The van der Waals surface area contributed by atoms with Gasteiger partial charge < -0.3 is 0 Å². The van der Waals surface area contributed by atoms with Crippen molar-refractivity contribution >= 4 is 0 Å². The Morgan fingerprint density at radius 2 is 1.80 bits per heavy atom. The summed E-state index contributed by atoms with van der Waals surface area (Å²) in [5.74, 6) is -2.42. The van der Waals surface area contributed by atoms with Crippen LogP contribution in [0.3, 0.4) is 0 Å². The van der Waals surface area contributed by atoms with Crippen molar-refractivity contribution in [2.75, 3.05) is 26.2 Å². The number of rotatable bonds is 1. The van der Waals surface area contributed by atoms with E-state index in [1.54, 1.807) is 0 Å². The first kappa shape index (κ1) is 11.3. The van der Waals surface area contributed by atoms with Crippen LogP contribution < -0.4 is 0 Å². The van der Waals surface area contributed by atoms with Crippen molar-refractivity contribution in [1.82, 2.24) is 9.80 Å². The fourth-order valence-electron chi connectivity index (χ4n) is 2.46. The van der Waals surface area contributed by atoms with E-state index in [0.717, 1.165) is 19.5 Å². The largest absolute Gasteiger partial charge is 0.297 e. The van der Waals surface area contributed by atoms with Crippen LogP contribution in [0.4, 0.5) is 8.78 Å². The number of alkyl halides is 2. The highest BCUT2D eigenvalue weighted by molar-refractivity contribution is 4.96. The van der Waals surface area contributed by atoms with Crippen molar-refractivity contribution in [3.63, 3.8) is 0 Å². The van der Waals surface area contributed by atoms with Gasteiger partial charge in [-0.15, -0.1) is 0 Å². The van der Waals surface area contributed by atoms with E-state index in [2.05, 4.69) is 25.7 Å². The van der Waals surface area contributed by atoms with E-state index < -0.39 is 5.92 Å². The molecule has 2 saturated heterocycles. The van der Waals surface area contributed by atoms with Crippen molar-refractivity contribution < 1.29 is 8.78 Å². The summed E-state index contributed by atoms with van der Waals surface area (Å²) in [4.78, 5) is 4.31. The molecule has 4 heteroatoms. The van der Waals surface area contributed by atoms with Gasteiger partial charge in [-0.1, -0.05) is 0 Å². The molecule has 0 aliphatic carbocycles. The first-order valence-electron chi connectivity index (χ1n) is 5.65. The lowest BCUT2D eigenvalue weighted by molar-refractivity contribution is -0.144. The molecule has 0 amide bonds. The zero-order valence-electron chi connectivity index (χ0n) is 9.76. The van der Waals surface area contributed by atoms with Gasteiger partial charge in [0.05, 0.1) is 13.1 Å². The van der Waals surface area contributed by atoms with E-state index in [9.17, 15) is 8.78 Å². The number of hydrogen-bond acceptors (Lipinski definition) is 2. The first-order valence-corrected chi connectivity index (χ1v) is 5.65. The highest BCUT2D eigenvalue weighted by atomic mass is 19.3. The maximum Gasteiger partial charge on any atom is 0.272 e. The Balaban J connectivity index is 1.84. The molecule has 0 aromatic rings. The van der Waals surface area contributed by atoms with Gasteiger partial charge in [0.25, 0.3) is 5.92 Å². The van der Waals surface area contributed by atoms with E-state index in [0.29, 0.717) is 6.04 Å². The Morgan fingerprint density at radius 1 is 1.20 bits per heavy atom. The average Bonchev–Trinajstić information content (AvgIpc) is 2.45. The third-order valence-electron chi connectivity index (χ3n) is 3.50. The molecule has 0 aromatic heterocycles. The van der Waals surface area contributed by atoms with Crippen LogP contribution >= 0.6 is 0 Å². The Labute approximate surface area is 90.2 Å². The van der Waals surface area contributed by atoms with Crippen molar-refractivity contribution in [2.24, 2.45) is 0 Å². The molecule has 2 fully saturated rings. The van der Waals surface area contributed by atoms with Crippen LogP contribution in [0.5, 0.6) is 0 Å². The molecular formula is C11H20F2N2. The fraction of sp³-hybridized carbons (Fsp3) is 1.00. The monoisotopic (exact) mass is 218 g/mol. The average molecular weight is 218 g/mol. The lowest BCUT2D eigenvalue weighted by Crippen LogP contribution is -2.60. The molecule has 2 nitrogen and oxygen atoms in total. The SMILES string of the molecule is CC(C)(C)N1CC[C@@H](N2CC(F)(F)C2)C1. The minimum absolute atomic E-state index is 0.0321. The Hall–Kier alpha value is -0.220. The van der Waals surface area contributed by atoms with Crippen LogP contribution in [0.1, 0.15) is 27.2 Å². The molecule has 2 rings (SSSR count). The number of hydrogen-bond donors (Lipinski definition) is 0. The van der Waals surface area contributed by atoms with Gasteiger partial charge >= 0.3 is 0 Å². The zero-order chi connectivity index (χ0) is 11.3. The molecule has 15 heavy (non-hydrogen) atoms. The van der Waals surface area contributed by atoms with Crippen LogP contribution in [-0.2, 0) is 0 Å². The summed E-state index contributed by atoms with van der Waals surface area (Å²) in [6.07, 6.45) is 1.04. The molecule has 0 spiro atoms. The van der Waals surface area contributed by atoms with Gasteiger partial charge in [0, 0.05) is 24.7 Å². The fourth-order valence-corrected chi connectivity index (χ4v) is 2.46. The predicted molar refractivity (Wildman–Crippen MR) is 56.3 cm³/mol. The Morgan fingerprint density at radius 3 is 2.20 bits per heavy atom. The molecule has 0 unspecified atom stereocenters. The molecule has 0 aromatic carbocycles. The first-order chi connectivity index (χ1) is 6.78. The molecular weight excluding hydrogens is 198 g/mol. The standard InChI is InChI=1S/C11H20F2N2/c1-10(2,3)15-5-4-9(6-15)14-7-11(12,13)8-14/h9H,4-8H2,1-3H3/t9-/m1/s1. The van der Waals surface area contributed by atoms with E-state index >= 15 is 0 Å². The van der Waals surface area contributed by atoms with Crippen LogP contribution in [0, 0.1) is 0 Å². The van der Waals surface area contributed by atoms with Gasteiger partial charge in [0.2, 0.25) is 0 Å². The topological polar surface area (TPSA) is 6.48 Å². The van der Waals surface area contributed by atoms with E-state index in [4.69, 9.17) is 0 Å². The van der Waals surface area contributed by atoms with Gasteiger partial charge in [0.15, 0.2) is 0 Å². The summed E-state index contributed by atoms with van der Waals surface area (Å²) in [5, 5.41) is 0. The Bertz CT molecular complexity index is 239. The van der Waals surface area contributed by atoms with Crippen LogP contribution in [-0.4, -0.2) is 53.5 Å². The van der Waals surface area contributed by atoms with Gasteiger partial charge in [-0.2, -0.15) is 0 Å². The van der Waals surface area contributed by atoms with Crippen molar-refractivity contribution in [3.05, 3.63) is 0 Å². The van der Waals surface area contributed by atoms with E-state index in [1.165, 1.54) is 0 Å². The summed E-state index contributed by atoms with van der Waals surface area (Å²) in [5.41, 5.74) is 0.169. The summed E-state index contributed by atoms with van der Waals surface area (Å²) < 4.78 is 25.4. The van der Waals surface area contributed by atoms with Gasteiger partial charge in [-0.25, -0.2) is 8.78 Å². The van der Waals surface area contributed by atoms with Crippen LogP contribution in [0.25, 0.3) is 0 Å². The normalized spacial score (nSPS) is 33.0. The van der Waals surface area contributed by atoms with E-state index in [1.807, 2.05) is 4.90 Å². The highest BCUT2D eigenvalue weighted by Gasteiger charge is 2.48. The molecule has 0 N–H and O–H groups in total. The lowest BCUT2D eigenvalue weighted by atomic mass is 10.1. The summed E-state index contributed by atoms with van der Waals surface area (Å²) in [6.45, 7) is 8.46. The maximum absolute atomic E-state index is 12.7. The van der Waals surface area contributed by atoms with Gasteiger partial charge in [-0.05, 0) is 27.2 Å². The second-order valence-electron chi connectivity index (χ2n) is 5.82. The summed E-state index contributed by atoms with van der Waals surface area (Å²) >= 11 is 0. The molecule has 88 valence electrons. The van der Waals surface area contributed by atoms with Gasteiger partial charge in [-0.3, -0.25) is 9.80 Å². The van der Waals surface area contributed by atoms with Gasteiger partial charge in [0.1, 0.15) is 0 Å².